The van der Waals surface area contributed by atoms with E-state index in [1.807, 2.05) is 13.8 Å². The highest BCUT2D eigenvalue weighted by atomic mass is 16.7. The molecule has 0 spiro atoms. The van der Waals surface area contributed by atoms with Crippen LogP contribution in [0.4, 0.5) is 0 Å². The predicted molar refractivity (Wildman–Crippen MR) is 84.0 cm³/mol. The summed E-state index contributed by atoms with van der Waals surface area (Å²) in [5.74, 6) is 0.703. The van der Waals surface area contributed by atoms with Gasteiger partial charge < -0.3 is 29.4 Å². The van der Waals surface area contributed by atoms with Crippen molar-refractivity contribution in [2.75, 3.05) is 13.7 Å². The van der Waals surface area contributed by atoms with Crippen LogP contribution < -0.4 is 10.2 Å². The smallest absolute Gasteiger partial charge is 0.488 e. The standard InChI is InChI=1S/C7H9BO3.C6H10O3.C2H6/c1-11-7-4-2-6(3-5-7)8(9)10;7-4-1-5-3-8-6(2-4)9-5;1-2/h2-5,9-10H,1H3;4-7H,1-3H2;1-2H3/t;4?,5-,6?;/m.0./s1. The fourth-order valence-corrected chi connectivity index (χ4v) is 2.15. The number of aliphatic hydroxyl groups is 1. The van der Waals surface area contributed by atoms with Gasteiger partial charge in [-0.3, -0.25) is 0 Å². The van der Waals surface area contributed by atoms with Crippen molar-refractivity contribution in [1.29, 1.82) is 0 Å². The Labute approximate surface area is 131 Å². The second-order valence-electron chi connectivity index (χ2n) is 4.79. The molecule has 1 aromatic rings. The summed E-state index contributed by atoms with van der Waals surface area (Å²) < 4.78 is 15.3. The zero-order chi connectivity index (χ0) is 16.5. The van der Waals surface area contributed by atoms with Crippen molar-refractivity contribution >= 4 is 12.6 Å². The van der Waals surface area contributed by atoms with E-state index in [1.165, 1.54) is 0 Å². The third-order valence-corrected chi connectivity index (χ3v) is 3.23. The van der Waals surface area contributed by atoms with Gasteiger partial charge in [0.15, 0.2) is 6.29 Å². The molecule has 2 aliphatic rings. The van der Waals surface area contributed by atoms with Gasteiger partial charge in [0.05, 0.1) is 25.9 Å². The maximum absolute atomic E-state index is 9.13. The summed E-state index contributed by atoms with van der Waals surface area (Å²) >= 11 is 0. The van der Waals surface area contributed by atoms with Crippen molar-refractivity contribution in [3.8, 4) is 5.75 Å². The number of ether oxygens (including phenoxy) is 3. The summed E-state index contributed by atoms with van der Waals surface area (Å²) in [6, 6.07) is 6.55. The van der Waals surface area contributed by atoms with Gasteiger partial charge in [0.2, 0.25) is 0 Å². The number of methoxy groups -OCH3 is 1. The molecule has 1 aromatic carbocycles. The van der Waals surface area contributed by atoms with Crippen molar-refractivity contribution in [3.63, 3.8) is 0 Å². The fraction of sp³-hybridized carbons (Fsp3) is 0.600. The number of hydrogen-bond acceptors (Lipinski definition) is 6. The monoisotopic (exact) mass is 312 g/mol. The Balaban J connectivity index is 0.000000200. The molecule has 0 amide bonds. The van der Waals surface area contributed by atoms with Gasteiger partial charge in [-0.1, -0.05) is 26.0 Å². The van der Waals surface area contributed by atoms with Crippen LogP contribution >= 0.6 is 0 Å². The molecule has 2 saturated heterocycles. The molecule has 6 nitrogen and oxygen atoms in total. The molecule has 124 valence electrons. The van der Waals surface area contributed by atoms with Gasteiger partial charge in [0.1, 0.15) is 5.75 Å². The summed E-state index contributed by atoms with van der Waals surface area (Å²) in [4.78, 5) is 0. The average molecular weight is 312 g/mol. The molecular formula is C15H25BO6. The van der Waals surface area contributed by atoms with Crippen molar-refractivity contribution in [2.24, 2.45) is 0 Å². The third-order valence-electron chi connectivity index (χ3n) is 3.23. The zero-order valence-electron chi connectivity index (χ0n) is 13.3. The largest absolute Gasteiger partial charge is 0.497 e. The second-order valence-corrected chi connectivity index (χ2v) is 4.79. The highest BCUT2D eigenvalue weighted by Crippen LogP contribution is 2.26. The van der Waals surface area contributed by atoms with Gasteiger partial charge in [-0.05, 0) is 17.6 Å². The van der Waals surface area contributed by atoms with E-state index in [0.29, 0.717) is 24.2 Å². The SMILES string of the molecule is CC.COc1ccc(B(O)O)cc1.OC1CC2OC[C@H](C1)O2. The minimum absolute atomic E-state index is 0.112. The Kier molecular flexibility index (Phi) is 8.44. The van der Waals surface area contributed by atoms with Crippen LogP contribution in [0.25, 0.3) is 0 Å². The second kappa shape index (κ2) is 9.81. The van der Waals surface area contributed by atoms with Crippen molar-refractivity contribution in [1.82, 2.24) is 0 Å². The molecular weight excluding hydrogens is 287 g/mol. The first-order valence-electron chi connectivity index (χ1n) is 7.53. The lowest BCUT2D eigenvalue weighted by molar-refractivity contribution is -0.116. The predicted octanol–water partition coefficient (Wildman–Crippen LogP) is 0.284. The van der Waals surface area contributed by atoms with Crippen LogP contribution in [0.2, 0.25) is 0 Å². The van der Waals surface area contributed by atoms with Crippen molar-refractivity contribution < 1.29 is 29.4 Å². The first kappa shape index (κ1) is 18.9. The highest BCUT2D eigenvalue weighted by Gasteiger charge is 2.34. The fourth-order valence-electron chi connectivity index (χ4n) is 2.15. The Morgan fingerprint density at radius 1 is 1.14 bits per heavy atom. The number of fused-ring (bicyclic) bond motifs is 2. The molecule has 2 bridgehead atoms. The molecule has 2 unspecified atom stereocenters. The van der Waals surface area contributed by atoms with Gasteiger partial charge in [-0.2, -0.15) is 0 Å². The molecule has 2 aliphatic heterocycles. The van der Waals surface area contributed by atoms with Crippen LogP contribution in [0, 0.1) is 0 Å². The van der Waals surface area contributed by atoms with Crippen LogP contribution in [0.3, 0.4) is 0 Å². The summed E-state index contributed by atoms with van der Waals surface area (Å²) in [6.07, 6.45) is 1.25. The van der Waals surface area contributed by atoms with E-state index < -0.39 is 7.12 Å². The Morgan fingerprint density at radius 3 is 2.27 bits per heavy atom. The van der Waals surface area contributed by atoms with E-state index in [-0.39, 0.29) is 18.5 Å². The average Bonchev–Trinajstić information content (AvgIpc) is 2.89. The lowest BCUT2D eigenvalue weighted by Crippen LogP contribution is -2.29. The van der Waals surface area contributed by atoms with Crippen LogP contribution in [0.5, 0.6) is 5.75 Å². The molecule has 2 heterocycles. The number of hydrogen-bond donors (Lipinski definition) is 3. The molecule has 0 saturated carbocycles. The molecule has 0 aromatic heterocycles. The first-order valence-corrected chi connectivity index (χ1v) is 7.53. The minimum Gasteiger partial charge on any atom is -0.497 e. The maximum Gasteiger partial charge on any atom is 0.488 e. The highest BCUT2D eigenvalue weighted by molar-refractivity contribution is 6.58. The summed E-state index contributed by atoms with van der Waals surface area (Å²) in [6.45, 7) is 4.67. The Hall–Kier alpha value is -1.12. The number of rotatable bonds is 2. The molecule has 3 N–H and O–H groups in total. The summed E-state index contributed by atoms with van der Waals surface area (Å²) in [5.41, 5.74) is 0.464. The van der Waals surface area contributed by atoms with Crippen LogP contribution in [0.15, 0.2) is 24.3 Å². The van der Waals surface area contributed by atoms with Crippen molar-refractivity contribution in [2.45, 2.75) is 45.2 Å². The molecule has 3 atom stereocenters. The van der Waals surface area contributed by atoms with E-state index in [0.717, 1.165) is 6.42 Å². The van der Waals surface area contributed by atoms with Gasteiger partial charge in [0, 0.05) is 12.8 Å². The number of aliphatic hydroxyl groups excluding tert-OH is 1. The Bertz CT molecular complexity index is 399. The lowest BCUT2D eigenvalue weighted by atomic mass is 9.80. The Morgan fingerprint density at radius 2 is 1.77 bits per heavy atom. The van der Waals surface area contributed by atoms with E-state index in [9.17, 15) is 0 Å². The van der Waals surface area contributed by atoms with E-state index in [1.54, 1.807) is 31.4 Å². The molecule has 22 heavy (non-hydrogen) atoms. The van der Waals surface area contributed by atoms with Crippen molar-refractivity contribution in [3.05, 3.63) is 24.3 Å². The third kappa shape index (κ3) is 5.94. The van der Waals surface area contributed by atoms with E-state index in [4.69, 9.17) is 29.4 Å². The topological polar surface area (TPSA) is 88.4 Å². The van der Waals surface area contributed by atoms with Crippen LogP contribution in [-0.4, -0.2) is 54.5 Å². The number of benzene rings is 1. The minimum atomic E-state index is -1.40. The van der Waals surface area contributed by atoms with E-state index >= 15 is 0 Å². The quantitative estimate of drug-likeness (QED) is 0.680. The first-order chi connectivity index (χ1) is 10.6. The lowest BCUT2D eigenvalue weighted by Gasteiger charge is -2.21. The van der Waals surface area contributed by atoms with Gasteiger partial charge in [-0.25, -0.2) is 0 Å². The molecule has 3 rings (SSSR count). The molecule has 0 radical (unpaired) electrons. The molecule has 7 heteroatoms. The van der Waals surface area contributed by atoms with Gasteiger partial charge >= 0.3 is 7.12 Å². The van der Waals surface area contributed by atoms with Gasteiger partial charge in [0.25, 0.3) is 0 Å². The van der Waals surface area contributed by atoms with Crippen LogP contribution in [0.1, 0.15) is 26.7 Å². The van der Waals surface area contributed by atoms with Gasteiger partial charge in [-0.15, -0.1) is 0 Å². The normalized spacial score (nSPS) is 25.3. The molecule has 0 aliphatic carbocycles. The van der Waals surface area contributed by atoms with Crippen LogP contribution in [-0.2, 0) is 9.47 Å². The van der Waals surface area contributed by atoms with E-state index in [2.05, 4.69) is 0 Å². The zero-order valence-corrected chi connectivity index (χ0v) is 13.3. The summed E-state index contributed by atoms with van der Waals surface area (Å²) in [5, 5.41) is 26.5. The summed E-state index contributed by atoms with van der Waals surface area (Å²) in [7, 11) is 0.158. The molecule has 2 fully saturated rings. The maximum atomic E-state index is 9.13.